The summed E-state index contributed by atoms with van der Waals surface area (Å²) in [5.41, 5.74) is 1.20. The van der Waals surface area contributed by atoms with Gasteiger partial charge in [0.15, 0.2) is 5.60 Å². The molecule has 0 spiro atoms. The molecule has 1 aliphatic heterocycles. The summed E-state index contributed by atoms with van der Waals surface area (Å²) < 4.78 is 22.0. The Hall–Kier alpha value is -3.26. The van der Waals surface area contributed by atoms with E-state index in [0.29, 0.717) is 32.0 Å². The molecular weight excluding hydrogens is 426 g/mol. The second-order valence-corrected chi connectivity index (χ2v) is 7.81. The number of carbonyl (C=O) groups is 2. The first-order valence-electron chi connectivity index (χ1n) is 11.2. The van der Waals surface area contributed by atoms with Crippen molar-refractivity contribution in [2.24, 2.45) is 0 Å². The quantitative estimate of drug-likeness (QED) is 0.524. The Bertz CT molecular complexity index is 936. The number of nitrogens with one attached hydrogen (secondary N) is 1. The molecule has 1 fully saturated rings. The SMILES string of the molecule is CCOc1ccc(COC(=O)NCc2cc(CC3(C(=O)O)CCCO3)ccc2OCC)cc1. The molecule has 178 valence electrons. The maximum absolute atomic E-state index is 12.2. The van der Waals surface area contributed by atoms with Gasteiger partial charge >= 0.3 is 12.1 Å². The third kappa shape index (κ3) is 6.61. The molecule has 0 aromatic heterocycles. The van der Waals surface area contributed by atoms with Gasteiger partial charge in [0.1, 0.15) is 18.1 Å². The fourth-order valence-electron chi connectivity index (χ4n) is 3.80. The molecule has 0 aliphatic carbocycles. The predicted molar refractivity (Wildman–Crippen MR) is 122 cm³/mol. The average molecular weight is 458 g/mol. The molecule has 1 aliphatic rings. The van der Waals surface area contributed by atoms with Crippen LogP contribution >= 0.6 is 0 Å². The molecule has 1 atom stereocenters. The number of rotatable bonds is 11. The van der Waals surface area contributed by atoms with E-state index in [4.69, 9.17) is 18.9 Å². The number of carbonyl (C=O) groups excluding carboxylic acids is 1. The highest BCUT2D eigenvalue weighted by Gasteiger charge is 2.43. The van der Waals surface area contributed by atoms with Gasteiger partial charge in [-0.15, -0.1) is 0 Å². The Morgan fingerprint density at radius 3 is 2.42 bits per heavy atom. The molecule has 1 heterocycles. The van der Waals surface area contributed by atoms with Crippen LogP contribution in [0.4, 0.5) is 4.79 Å². The van der Waals surface area contributed by atoms with E-state index in [1.165, 1.54) is 0 Å². The number of benzene rings is 2. The van der Waals surface area contributed by atoms with Crippen LogP contribution < -0.4 is 14.8 Å². The molecule has 3 rings (SSSR count). The third-order valence-electron chi connectivity index (χ3n) is 5.43. The Morgan fingerprint density at radius 2 is 1.79 bits per heavy atom. The normalized spacial score (nSPS) is 17.4. The molecular formula is C25H31NO7. The van der Waals surface area contributed by atoms with Crippen LogP contribution in [0.5, 0.6) is 11.5 Å². The van der Waals surface area contributed by atoms with E-state index >= 15 is 0 Å². The monoisotopic (exact) mass is 457 g/mol. The van der Waals surface area contributed by atoms with Gasteiger partial charge < -0.3 is 29.4 Å². The van der Waals surface area contributed by atoms with Crippen LogP contribution in [-0.2, 0) is 33.8 Å². The van der Waals surface area contributed by atoms with Crippen molar-refractivity contribution in [1.82, 2.24) is 5.32 Å². The van der Waals surface area contributed by atoms with E-state index in [0.717, 1.165) is 28.9 Å². The van der Waals surface area contributed by atoms with Crippen LogP contribution in [0.25, 0.3) is 0 Å². The zero-order valence-electron chi connectivity index (χ0n) is 19.1. The summed E-state index contributed by atoms with van der Waals surface area (Å²) in [5.74, 6) is 0.443. The molecule has 2 aromatic carbocycles. The van der Waals surface area contributed by atoms with Gasteiger partial charge in [-0.25, -0.2) is 9.59 Å². The molecule has 1 saturated heterocycles. The molecule has 8 heteroatoms. The number of amides is 1. The summed E-state index contributed by atoms with van der Waals surface area (Å²) in [7, 11) is 0. The van der Waals surface area contributed by atoms with Crippen LogP contribution in [-0.4, -0.2) is 42.6 Å². The van der Waals surface area contributed by atoms with Gasteiger partial charge in [-0.1, -0.05) is 24.3 Å². The van der Waals surface area contributed by atoms with Crippen molar-refractivity contribution in [2.75, 3.05) is 19.8 Å². The maximum Gasteiger partial charge on any atom is 0.407 e. The molecule has 0 radical (unpaired) electrons. The minimum atomic E-state index is -1.20. The second kappa shape index (κ2) is 11.6. The molecule has 0 saturated carbocycles. The number of alkyl carbamates (subject to hydrolysis) is 1. The Kier molecular flexibility index (Phi) is 8.54. The first-order valence-corrected chi connectivity index (χ1v) is 11.2. The van der Waals surface area contributed by atoms with Gasteiger partial charge in [0.25, 0.3) is 0 Å². The Morgan fingerprint density at radius 1 is 1.06 bits per heavy atom. The number of hydrogen-bond donors (Lipinski definition) is 2. The van der Waals surface area contributed by atoms with E-state index in [-0.39, 0.29) is 19.6 Å². The largest absolute Gasteiger partial charge is 0.494 e. The van der Waals surface area contributed by atoms with Crippen molar-refractivity contribution < 1.29 is 33.6 Å². The van der Waals surface area contributed by atoms with Crippen molar-refractivity contribution in [1.29, 1.82) is 0 Å². The van der Waals surface area contributed by atoms with Gasteiger partial charge in [0.05, 0.1) is 13.2 Å². The summed E-state index contributed by atoms with van der Waals surface area (Å²) in [6, 6.07) is 12.8. The number of aliphatic carboxylic acids is 1. The highest BCUT2D eigenvalue weighted by Crippen LogP contribution is 2.31. The van der Waals surface area contributed by atoms with Gasteiger partial charge in [-0.3, -0.25) is 0 Å². The lowest BCUT2D eigenvalue weighted by atomic mass is 9.91. The van der Waals surface area contributed by atoms with Crippen LogP contribution in [0.15, 0.2) is 42.5 Å². The zero-order valence-corrected chi connectivity index (χ0v) is 19.1. The summed E-state index contributed by atoms with van der Waals surface area (Å²) in [5, 5.41) is 12.4. The lowest BCUT2D eigenvalue weighted by Crippen LogP contribution is -2.40. The van der Waals surface area contributed by atoms with E-state index in [1.54, 1.807) is 6.07 Å². The molecule has 0 bridgehead atoms. The van der Waals surface area contributed by atoms with Crippen molar-refractivity contribution in [2.45, 2.75) is 51.9 Å². The van der Waals surface area contributed by atoms with Crippen molar-refractivity contribution in [3.63, 3.8) is 0 Å². The van der Waals surface area contributed by atoms with E-state index in [1.807, 2.05) is 50.2 Å². The smallest absolute Gasteiger partial charge is 0.407 e. The molecule has 1 unspecified atom stereocenters. The number of carboxylic acids is 1. The van der Waals surface area contributed by atoms with E-state index in [9.17, 15) is 14.7 Å². The minimum Gasteiger partial charge on any atom is -0.494 e. The van der Waals surface area contributed by atoms with Crippen molar-refractivity contribution in [3.8, 4) is 11.5 Å². The van der Waals surface area contributed by atoms with Crippen LogP contribution in [0.2, 0.25) is 0 Å². The fourth-order valence-corrected chi connectivity index (χ4v) is 3.80. The number of ether oxygens (including phenoxy) is 4. The van der Waals surface area contributed by atoms with E-state index < -0.39 is 17.7 Å². The lowest BCUT2D eigenvalue weighted by Gasteiger charge is -2.24. The standard InChI is InChI=1S/C25H31NO7/c1-3-30-21-9-6-18(7-10-21)17-32-24(29)26-16-20-14-19(8-11-22(20)31-4-2)15-25(23(27)28)12-5-13-33-25/h6-11,14H,3-5,12-13,15-17H2,1-2H3,(H,26,29)(H,27,28). The highest BCUT2D eigenvalue weighted by molar-refractivity contribution is 5.78. The van der Waals surface area contributed by atoms with Crippen molar-refractivity contribution in [3.05, 3.63) is 59.2 Å². The fraction of sp³-hybridized carbons (Fsp3) is 0.440. The summed E-state index contributed by atoms with van der Waals surface area (Å²) in [6.45, 7) is 5.62. The van der Waals surface area contributed by atoms with Gasteiger partial charge in [0, 0.05) is 25.1 Å². The molecule has 2 aromatic rings. The van der Waals surface area contributed by atoms with Gasteiger partial charge in [-0.2, -0.15) is 0 Å². The highest BCUT2D eigenvalue weighted by atomic mass is 16.5. The first kappa shape index (κ1) is 24.4. The minimum absolute atomic E-state index is 0.134. The molecule has 8 nitrogen and oxygen atoms in total. The molecule has 2 N–H and O–H groups in total. The summed E-state index contributed by atoms with van der Waals surface area (Å²) in [6.07, 6.45) is 0.890. The summed E-state index contributed by atoms with van der Waals surface area (Å²) in [4.78, 5) is 24.0. The maximum atomic E-state index is 12.2. The predicted octanol–water partition coefficient (Wildman–Crippen LogP) is 4.09. The topological polar surface area (TPSA) is 103 Å². The molecule has 33 heavy (non-hydrogen) atoms. The van der Waals surface area contributed by atoms with Crippen LogP contribution in [0, 0.1) is 0 Å². The summed E-state index contributed by atoms with van der Waals surface area (Å²) >= 11 is 0. The van der Waals surface area contributed by atoms with Gasteiger partial charge in [-0.05, 0) is 56.0 Å². The number of carboxylic acid groups (broad SMARTS) is 1. The van der Waals surface area contributed by atoms with Crippen LogP contribution in [0.3, 0.4) is 0 Å². The first-order chi connectivity index (χ1) is 16.0. The van der Waals surface area contributed by atoms with Gasteiger partial charge in [0.2, 0.25) is 0 Å². The second-order valence-electron chi connectivity index (χ2n) is 7.81. The Labute approximate surface area is 193 Å². The van der Waals surface area contributed by atoms with Crippen LogP contribution in [0.1, 0.15) is 43.4 Å². The lowest BCUT2D eigenvalue weighted by molar-refractivity contribution is -0.159. The van der Waals surface area contributed by atoms with E-state index in [2.05, 4.69) is 5.32 Å². The third-order valence-corrected chi connectivity index (χ3v) is 5.43. The van der Waals surface area contributed by atoms with Crippen molar-refractivity contribution >= 4 is 12.1 Å². The average Bonchev–Trinajstić information content (AvgIpc) is 3.29. The number of hydrogen-bond acceptors (Lipinski definition) is 6. The molecule has 1 amide bonds. The Balaban J connectivity index is 1.60. The zero-order chi connectivity index (χ0) is 23.7.